The number of amides is 1. The number of hydrogen-bond donors (Lipinski definition) is 1. The highest BCUT2D eigenvalue weighted by atomic mass is 79.9. The molecule has 1 amide bonds. The molecule has 3 rings (SSSR count). The van der Waals surface area contributed by atoms with Crippen molar-refractivity contribution in [1.82, 2.24) is 0 Å². The lowest BCUT2D eigenvalue weighted by molar-refractivity contribution is -0.384. The van der Waals surface area contributed by atoms with Crippen molar-refractivity contribution in [2.45, 2.75) is 20.5 Å². The number of halogens is 2. The minimum Gasteiger partial charge on any atom is -0.487 e. The van der Waals surface area contributed by atoms with Crippen LogP contribution in [0.2, 0.25) is 0 Å². The van der Waals surface area contributed by atoms with Crippen molar-refractivity contribution in [1.29, 1.82) is 5.26 Å². The number of hydrogen-bond acceptors (Lipinski definition) is 5. The summed E-state index contributed by atoms with van der Waals surface area (Å²) in [6.07, 6.45) is 1.50. The molecule has 0 heterocycles. The topological polar surface area (TPSA) is 105 Å². The summed E-state index contributed by atoms with van der Waals surface area (Å²) in [6, 6.07) is 17.1. The summed E-state index contributed by atoms with van der Waals surface area (Å²) in [4.78, 5) is 23.0. The molecular formula is C25H19Br2N3O4. The van der Waals surface area contributed by atoms with Gasteiger partial charge in [-0.05, 0) is 104 Å². The fraction of sp³-hybridized carbons (Fsp3) is 0.120. The monoisotopic (exact) mass is 583 g/mol. The Morgan fingerprint density at radius 1 is 1.15 bits per heavy atom. The third-order valence-electron chi connectivity index (χ3n) is 5.08. The Hall–Kier alpha value is -3.48. The van der Waals surface area contributed by atoms with Crippen LogP contribution >= 0.6 is 31.9 Å². The molecule has 1 N–H and O–H groups in total. The number of nitro benzene ring substituents is 1. The van der Waals surface area contributed by atoms with Gasteiger partial charge < -0.3 is 10.1 Å². The molecule has 3 aromatic rings. The number of rotatable bonds is 7. The van der Waals surface area contributed by atoms with E-state index in [1.165, 1.54) is 18.2 Å². The normalized spacial score (nSPS) is 11.0. The minimum absolute atomic E-state index is 0.0112. The summed E-state index contributed by atoms with van der Waals surface area (Å²) in [5, 5.41) is 23.1. The molecule has 172 valence electrons. The molecule has 9 heteroatoms. The number of nitrogens with zero attached hydrogens (tertiary/aromatic N) is 2. The van der Waals surface area contributed by atoms with Gasteiger partial charge in [0.05, 0.1) is 13.9 Å². The molecule has 0 aromatic heterocycles. The van der Waals surface area contributed by atoms with Crippen molar-refractivity contribution in [3.8, 4) is 11.8 Å². The molecule has 0 aliphatic heterocycles. The summed E-state index contributed by atoms with van der Waals surface area (Å²) < 4.78 is 7.09. The van der Waals surface area contributed by atoms with E-state index in [1.807, 2.05) is 32.0 Å². The third kappa shape index (κ3) is 6.10. The van der Waals surface area contributed by atoms with Gasteiger partial charge in [0, 0.05) is 17.8 Å². The molecule has 0 atom stereocenters. The van der Waals surface area contributed by atoms with Crippen LogP contribution < -0.4 is 10.1 Å². The van der Waals surface area contributed by atoms with Crippen LogP contribution in [-0.4, -0.2) is 10.8 Å². The number of carbonyl (C=O) groups excluding carboxylic acids is 1. The predicted octanol–water partition coefficient (Wildman–Crippen LogP) is 6.86. The number of nitriles is 1. The van der Waals surface area contributed by atoms with Crippen molar-refractivity contribution >= 4 is 55.2 Å². The molecule has 0 saturated heterocycles. The van der Waals surface area contributed by atoms with E-state index in [9.17, 15) is 20.2 Å². The molecular weight excluding hydrogens is 566 g/mol. The largest absolute Gasteiger partial charge is 0.487 e. The number of ether oxygens (including phenoxy) is 1. The second-order valence-electron chi connectivity index (χ2n) is 7.40. The number of carbonyl (C=O) groups is 1. The van der Waals surface area contributed by atoms with Crippen molar-refractivity contribution in [2.75, 3.05) is 5.32 Å². The first-order valence-corrected chi connectivity index (χ1v) is 11.6. The van der Waals surface area contributed by atoms with Crippen LogP contribution in [0, 0.1) is 35.3 Å². The summed E-state index contributed by atoms with van der Waals surface area (Å²) in [5.74, 6) is 0.0239. The molecule has 7 nitrogen and oxygen atoms in total. The molecule has 0 spiro atoms. The molecule has 3 aromatic carbocycles. The molecule has 34 heavy (non-hydrogen) atoms. The SMILES string of the molecule is Cc1cccc(NC(=O)/C(C#N)=C/c2cc(Br)c(OCc3ccc([N+](=O)[O-])cc3)c(Br)c2)c1C. The molecule has 0 aliphatic rings. The number of nitro groups is 1. The third-order valence-corrected chi connectivity index (χ3v) is 6.26. The maximum absolute atomic E-state index is 12.7. The zero-order valence-electron chi connectivity index (χ0n) is 18.3. The van der Waals surface area contributed by atoms with Crippen molar-refractivity contribution < 1.29 is 14.5 Å². The molecule has 0 saturated carbocycles. The van der Waals surface area contributed by atoms with E-state index in [-0.39, 0.29) is 17.9 Å². The smallest absolute Gasteiger partial charge is 0.269 e. The van der Waals surface area contributed by atoms with Crippen LogP contribution in [0.5, 0.6) is 5.75 Å². The number of non-ortho nitro benzene ring substituents is 1. The average Bonchev–Trinajstić information content (AvgIpc) is 2.80. The van der Waals surface area contributed by atoms with E-state index in [0.717, 1.165) is 16.7 Å². The van der Waals surface area contributed by atoms with Crippen molar-refractivity contribution in [3.63, 3.8) is 0 Å². The van der Waals surface area contributed by atoms with Gasteiger partial charge in [-0.25, -0.2) is 0 Å². The highest BCUT2D eigenvalue weighted by molar-refractivity contribution is 9.11. The summed E-state index contributed by atoms with van der Waals surface area (Å²) in [7, 11) is 0. The van der Waals surface area contributed by atoms with Gasteiger partial charge >= 0.3 is 0 Å². The van der Waals surface area contributed by atoms with E-state index < -0.39 is 10.8 Å². The van der Waals surface area contributed by atoms with Gasteiger partial charge in [-0.15, -0.1) is 0 Å². The van der Waals surface area contributed by atoms with Crippen molar-refractivity contribution in [2.24, 2.45) is 0 Å². The van der Waals surface area contributed by atoms with Gasteiger partial charge in [-0.3, -0.25) is 14.9 Å². The molecule has 0 bridgehead atoms. The van der Waals surface area contributed by atoms with E-state index in [1.54, 1.807) is 30.3 Å². The van der Waals surface area contributed by atoms with Crippen LogP contribution in [0.4, 0.5) is 11.4 Å². The maximum atomic E-state index is 12.7. The predicted molar refractivity (Wildman–Crippen MR) is 137 cm³/mol. The van der Waals surface area contributed by atoms with E-state index in [2.05, 4.69) is 37.2 Å². The second-order valence-corrected chi connectivity index (χ2v) is 9.11. The molecule has 0 fully saturated rings. The Balaban J connectivity index is 1.76. The molecule has 0 radical (unpaired) electrons. The Morgan fingerprint density at radius 3 is 2.38 bits per heavy atom. The van der Waals surface area contributed by atoms with Crippen LogP contribution in [0.1, 0.15) is 22.3 Å². The summed E-state index contributed by atoms with van der Waals surface area (Å²) in [6.45, 7) is 4.06. The van der Waals surface area contributed by atoms with Crippen LogP contribution in [-0.2, 0) is 11.4 Å². The highest BCUT2D eigenvalue weighted by Gasteiger charge is 2.14. The lowest BCUT2D eigenvalue weighted by atomic mass is 10.1. The number of aryl methyl sites for hydroxylation is 1. The Bertz CT molecular complexity index is 1310. The van der Waals surface area contributed by atoms with E-state index in [4.69, 9.17) is 4.74 Å². The highest BCUT2D eigenvalue weighted by Crippen LogP contribution is 2.36. The zero-order valence-corrected chi connectivity index (χ0v) is 21.4. The van der Waals surface area contributed by atoms with Gasteiger partial charge in [0.25, 0.3) is 11.6 Å². The van der Waals surface area contributed by atoms with Crippen LogP contribution in [0.15, 0.2) is 69.1 Å². The summed E-state index contributed by atoms with van der Waals surface area (Å²) in [5.41, 5.74) is 3.99. The minimum atomic E-state index is -0.498. The molecule has 0 aliphatic carbocycles. The number of anilines is 1. The standard InChI is InChI=1S/C25H19Br2N3O4/c1-15-4-3-5-23(16(15)2)29-25(31)19(13-28)10-18-11-21(26)24(22(27)12-18)34-14-17-6-8-20(9-7-17)30(32)33/h3-12H,14H2,1-2H3,(H,29,31)/b19-10+. The van der Waals surface area contributed by atoms with E-state index in [0.29, 0.717) is 25.9 Å². The van der Waals surface area contributed by atoms with E-state index >= 15 is 0 Å². The van der Waals surface area contributed by atoms with Gasteiger partial charge in [-0.1, -0.05) is 12.1 Å². The Labute approximate surface area is 213 Å². The average molecular weight is 585 g/mol. The lowest BCUT2D eigenvalue weighted by Crippen LogP contribution is -2.14. The number of benzene rings is 3. The fourth-order valence-corrected chi connectivity index (χ4v) is 4.51. The Kier molecular flexibility index (Phi) is 8.21. The Morgan fingerprint density at radius 2 is 1.79 bits per heavy atom. The van der Waals surface area contributed by atoms with Crippen LogP contribution in [0.3, 0.4) is 0 Å². The zero-order chi connectivity index (χ0) is 24.8. The summed E-state index contributed by atoms with van der Waals surface area (Å²) >= 11 is 6.93. The van der Waals surface area contributed by atoms with Crippen LogP contribution in [0.25, 0.3) is 6.08 Å². The second kappa shape index (κ2) is 11.1. The van der Waals surface area contributed by atoms with Gasteiger partial charge in [0.15, 0.2) is 0 Å². The van der Waals surface area contributed by atoms with Gasteiger partial charge in [0.2, 0.25) is 0 Å². The number of nitrogens with one attached hydrogen (secondary N) is 1. The van der Waals surface area contributed by atoms with Gasteiger partial charge in [-0.2, -0.15) is 5.26 Å². The quantitative estimate of drug-likeness (QED) is 0.141. The first kappa shape index (κ1) is 25.1. The fourth-order valence-electron chi connectivity index (χ4n) is 3.06. The maximum Gasteiger partial charge on any atom is 0.269 e. The van der Waals surface area contributed by atoms with Crippen molar-refractivity contribution in [3.05, 3.63) is 101 Å². The molecule has 0 unspecified atom stereocenters. The van der Waals surface area contributed by atoms with Gasteiger partial charge in [0.1, 0.15) is 24.0 Å². The first-order valence-electron chi connectivity index (χ1n) is 10.0. The lowest BCUT2D eigenvalue weighted by Gasteiger charge is -2.12. The first-order chi connectivity index (χ1) is 16.2.